The summed E-state index contributed by atoms with van der Waals surface area (Å²) >= 11 is 1.40. The van der Waals surface area contributed by atoms with E-state index in [9.17, 15) is 13.2 Å². The number of aromatic nitrogens is 1. The quantitative estimate of drug-likeness (QED) is 0.864. The number of rotatable bonds is 4. The van der Waals surface area contributed by atoms with E-state index in [1.165, 1.54) is 11.3 Å². The van der Waals surface area contributed by atoms with Gasteiger partial charge < -0.3 is 11.1 Å². The zero-order valence-corrected chi connectivity index (χ0v) is 14.0. The van der Waals surface area contributed by atoms with Crippen molar-refractivity contribution in [1.29, 1.82) is 0 Å². The van der Waals surface area contributed by atoms with Crippen LogP contribution in [-0.4, -0.2) is 31.6 Å². The molecule has 23 heavy (non-hydrogen) atoms. The van der Waals surface area contributed by atoms with Crippen molar-refractivity contribution in [2.75, 3.05) is 12.3 Å². The van der Waals surface area contributed by atoms with Gasteiger partial charge in [-0.3, -0.25) is 4.79 Å². The molecule has 0 saturated carbocycles. The highest BCUT2D eigenvalue weighted by atomic mass is 32.2. The second kappa shape index (κ2) is 6.38. The summed E-state index contributed by atoms with van der Waals surface area (Å²) in [5.74, 6) is -0.256. The van der Waals surface area contributed by atoms with Crippen LogP contribution >= 0.6 is 11.3 Å². The predicted octanol–water partition coefficient (Wildman–Crippen LogP) is 1.29. The number of nitrogens with zero attached hydrogens (tertiary/aromatic N) is 1. The summed E-state index contributed by atoms with van der Waals surface area (Å²) in [6, 6.07) is 6.49. The highest BCUT2D eigenvalue weighted by Gasteiger charge is 2.31. The molecule has 0 aliphatic carbocycles. The maximum absolute atomic E-state index is 12.4. The van der Waals surface area contributed by atoms with Crippen LogP contribution in [0.1, 0.15) is 33.5 Å². The van der Waals surface area contributed by atoms with E-state index in [-0.39, 0.29) is 17.7 Å². The average molecular weight is 351 g/mol. The highest BCUT2D eigenvalue weighted by molar-refractivity contribution is 7.91. The zero-order chi connectivity index (χ0) is 16.4. The number of fused-ring (bicyclic) bond motifs is 1. The van der Waals surface area contributed by atoms with Gasteiger partial charge in [0, 0.05) is 11.8 Å². The molecule has 1 aromatic heterocycles. The molecule has 0 bridgehead atoms. The number of nitrogens with two attached hydrogens (primary N) is 1. The Morgan fingerprint density at radius 3 is 2.96 bits per heavy atom. The molecule has 6 nitrogen and oxygen atoms in total. The average Bonchev–Trinajstić information content (AvgIpc) is 3.00. The van der Waals surface area contributed by atoms with Crippen molar-refractivity contribution >= 4 is 27.1 Å². The molecule has 1 unspecified atom stereocenters. The van der Waals surface area contributed by atoms with E-state index in [1.807, 2.05) is 0 Å². The maximum Gasteiger partial charge on any atom is 0.271 e. The summed E-state index contributed by atoms with van der Waals surface area (Å²) in [6.45, 7) is 0.489. The van der Waals surface area contributed by atoms with E-state index < -0.39 is 9.84 Å². The van der Waals surface area contributed by atoms with Crippen LogP contribution in [0, 0.1) is 0 Å². The maximum atomic E-state index is 12.4. The fourth-order valence-corrected chi connectivity index (χ4v) is 5.04. The van der Waals surface area contributed by atoms with Gasteiger partial charge in [-0.25, -0.2) is 13.4 Å². The van der Waals surface area contributed by atoms with E-state index in [2.05, 4.69) is 10.3 Å². The minimum Gasteiger partial charge on any atom is -0.344 e. The first-order valence-electron chi connectivity index (χ1n) is 7.28. The Hall–Kier alpha value is -1.77. The molecule has 1 atom stereocenters. The Labute approximate surface area is 138 Å². The largest absolute Gasteiger partial charge is 0.344 e. The smallest absolute Gasteiger partial charge is 0.271 e. The molecule has 3 N–H and O–H groups in total. The number of nitrogens with one attached hydrogen (secondary N) is 1. The third kappa shape index (κ3) is 3.29. The van der Waals surface area contributed by atoms with Gasteiger partial charge in [-0.15, -0.1) is 11.3 Å². The Bertz CT molecular complexity index is 830. The third-order valence-corrected chi connectivity index (χ3v) is 6.48. The van der Waals surface area contributed by atoms with E-state index in [0.29, 0.717) is 35.5 Å². The van der Waals surface area contributed by atoms with Gasteiger partial charge in [0.15, 0.2) is 9.84 Å². The molecule has 3 rings (SSSR count). The number of sulfone groups is 1. The first kappa shape index (κ1) is 16.1. The van der Waals surface area contributed by atoms with Crippen molar-refractivity contribution in [3.05, 3.63) is 45.9 Å². The van der Waals surface area contributed by atoms with Crippen LogP contribution in [0.4, 0.5) is 0 Å². The normalized spacial score (nSPS) is 19.1. The van der Waals surface area contributed by atoms with Gasteiger partial charge in [0.2, 0.25) is 0 Å². The van der Waals surface area contributed by atoms with Crippen molar-refractivity contribution in [2.45, 2.75) is 23.8 Å². The van der Waals surface area contributed by atoms with Crippen LogP contribution in [0.25, 0.3) is 0 Å². The number of benzene rings is 1. The Balaban J connectivity index is 1.81. The lowest BCUT2D eigenvalue weighted by Crippen LogP contribution is -2.34. The topological polar surface area (TPSA) is 102 Å². The summed E-state index contributed by atoms with van der Waals surface area (Å²) < 4.78 is 24.2. The van der Waals surface area contributed by atoms with Crippen molar-refractivity contribution in [2.24, 2.45) is 5.73 Å². The first-order valence-corrected chi connectivity index (χ1v) is 9.81. The van der Waals surface area contributed by atoms with Crippen LogP contribution < -0.4 is 11.1 Å². The molecule has 0 saturated heterocycles. The first-order chi connectivity index (χ1) is 11.0. The summed E-state index contributed by atoms with van der Waals surface area (Å²) in [4.78, 5) is 16.9. The SMILES string of the molecule is NCCc1nc(C(=O)NC2CCS(=O)(=O)c3ccccc32)cs1. The molecule has 0 radical (unpaired) electrons. The Morgan fingerprint density at radius 2 is 2.17 bits per heavy atom. The molecular formula is C15H17N3O3S2. The highest BCUT2D eigenvalue weighted by Crippen LogP contribution is 2.32. The van der Waals surface area contributed by atoms with Gasteiger partial charge in [-0.2, -0.15) is 0 Å². The fourth-order valence-electron chi connectivity index (χ4n) is 2.63. The van der Waals surface area contributed by atoms with Gasteiger partial charge in [0.25, 0.3) is 5.91 Å². The number of carbonyl (C=O) groups is 1. The molecule has 1 amide bonds. The molecule has 2 aromatic rings. The van der Waals surface area contributed by atoms with Crippen molar-refractivity contribution in [1.82, 2.24) is 10.3 Å². The van der Waals surface area contributed by atoms with E-state index >= 15 is 0 Å². The lowest BCUT2D eigenvalue weighted by Gasteiger charge is -2.25. The molecule has 0 spiro atoms. The van der Waals surface area contributed by atoms with Gasteiger partial charge in [0.05, 0.1) is 21.7 Å². The summed E-state index contributed by atoms with van der Waals surface area (Å²) in [7, 11) is -3.26. The minimum atomic E-state index is -3.26. The van der Waals surface area contributed by atoms with Crippen LogP contribution in [0.5, 0.6) is 0 Å². The Kier molecular flexibility index (Phi) is 4.47. The van der Waals surface area contributed by atoms with Gasteiger partial charge in [-0.05, 0) is 24.6 Å². The minimum absolute atomic E-state index is 0.0322. The summed E-state index contributed by atoms with van der Waals surface area (Å²) in [6.07, 6.45) is 1.01. The number of hydrogen-bond donors (Lipinski definition) is 2. The molecule has 2 heterocycles. The van der Waals surface area contributed by atoms with Gasteiger partial charge in [-0.1, -0.05) is 18.2 Å². The fraction of sp³-hybridized carbons (Fsp3) is 0.333. The van der Waals surface area contributed by atoms with Crippen LogP contribution in [0.15, 0.2) is 34.5 Å². The lowest BCUT2D eigenvalue weighted by molar-refractivity contribution is 0.0930. The third-order valence-electron chi connectivity index (χ3n) is 3.75. The summed E-state index contributed by atoms with van der Waals surface area (Å²) in [5, 5.41) is 5.42. The number of carbonyl (C=O) groups excluding carboxylic acids is 1. The van der Waals surface area contributed by atoms with Crippen LogP contribution in [0.2, 0.25) is 0 Å². The van der Waals surface area contributed by atoms with Crippen molar-refractivity contribution in [3.8, 4) is 0 Å². The molecule has 8 heteroatoms. The molecule has 1 aliphatic rings. The standard InChI is InChI=1S/C15H17N3O3S2/c16-7-5-14-17-12(9-22-14)15(19)18-11-6-8-23(20,21)13-4-2-1-3-10(11)13/h1-4,9,11H,5-8,16H2,(H,18,19). The summed E-state index contributed by atoms with van der Waals surface area (Å²) in [5.41, 5.74) is 6.48. The van der Waals surface area contributed by atoms with Crippen LogP contribution in [-0.2, 0) is 16.3 Å². The Morgan fingerprint density at radius 1 is 1.39 bits per heavy atom. The van der Waals surface area contributed by atoms with E-state index in [0.717, 1.165) is 5.01 Å². The zero-order valence-electron chi connectivity index (χ0n) is 12.4. The number of amides is 1. The predicted molar refractivity (Wildman–Crippen MR) is 88.2 cm³/mol. The van der Waals surface area contributed by atoms with Crippen molar-refractivity contribution < 1.29 is 13.2 Å². The molecular weight excluding hydrogens is 334 g/mol. The molecule has 1 aromatic carbocycles. The lowest BCUT2D eigenvalue weighted by atomic mass is 10.0. The van der Waals surface area contributed by atoms with Gasteiger partial charge in [0.1, 0.15) is 5.69 Å². The van der Waals surface area contributed by atoms with E-state index in [1.54, 1.807) is 29.6 Å². The molecule has 1 aliphatic heterocycles. The van der Waals surface area contributed by atoms with Gasteiger partial charge >= 0.3 is 0 Å². The number of hydrogen-bond acceptors (Lipinski definition) is 6. The number of thiazole rings is 1. The second-order valence-corrected chi connectivity index (χ2v) is 8.36. The second-order valence-electron chi connectivity index (χ2n) is 5.34. The molecule has 122 valence electrons. The van der Waals surface area contributed by atoms with E-state index in [4.69, 9.17) is 5.73 Å². The van der Waals surface area contributed by atoms with Crippen molar-refractivity contribution in [3.63, 3.8) is 0 Å². The monoisotopic (exact) mass is 351 g/mol. The van der Waals surface area contributed by atoms with Crippen LogP contribution in [0.3, 0.4) is 0 Å². The molecule has 0 fully saturated rings.